The summed E-state index contributed by atoms with van der Waals surface area (Å²) in [5.74, 6) is 1.58. The highest BCUT2D eigenvalue weighted by atomic mass is 16.3. The van der Waals surface area contributed by atoms with E-state index in [4.69, 9.17) is 0 Å². The Bertz CT molecular complexity index is 405. The number of benzene rings is 1. The topological polar surface area (TPSA) is 35.5 Å². The average molecular weight is 278 g/mol. The van der Waals surface area contributed by atoms with Gasteiger partial charge in [-0.1, -0.05) is 33.8 Å². The van der Waals surface area contributed by atoms with Gasteiger partial charge in [0.15, 0.2) is 0 Å². The molecule has 114 valence electrons. The second kappa shape index (κ2) is 7.53. The maximum absolute atomic E-state index is 10.2. The van der Waals surface area contributed by atoms with Crippen molar-refractivity contribution in [1.82, 2.24) is 5.32 Å². The second-order valence-electron chi connectivity index (χ2n) is 6.45. The number of phenols is 1. The van der Waals surface area contributed by atoms with Gasteiger partial charge in [-0.25, -0.2) is 0 Å². The quantitative estimate of drug-likeness (QED) is 0.796. The number of hydrogen-bond donors (Lipinski definition) is 2. The van der Waals surface area contributed by atoms with E-state index in [1.807, 2.05) is 19.2 Å². The molecule has 0 aliphatic carbocycles. The van der Waals surface area contributed by atoms with Crippen LogP contribution in [0.25, 0.3) is 0 Å². The van der Waals surface area contributed by atoms with Crippen molar-refractivity contribution >= 4 is 5.69 Å². The summed E-state index contributed by atoms with van der Waals surface area (Å²) in [5.41, 5.74) is 2.06. The van der Waals surface area contributed by atoms with E-state index in [1.165, 1.54) is 0 Å². The Balaban J connectivity index is 2.99. The normalized spacial score (nSPS) is 13.0. The Morgan fingerprint density at radius 3 is 2.00 bits per heavy atom. The van der Waals surface area contributed by atoms with Gasteiger partial charge >= 0.3 is 0 Å². The molecule has 1 rings (SSSR count). The zero-order valence-electron chi connectivity index (χ0n) is 13.8. The van der Waals surface area contributed by atoms with E-state index in [1.54, 1.807) is 0 Å². The third kappa shape index (κ3) is 4.71. The summed E-state index contributed by atoms with van der Waals surface area (Å²) < 4.78 is 0. The summed E-state index contributed by atoms with van der Waals surface area (Å²) in [7, 11) is 1.90. The monoisotopic (exact) mass is 278 g/mol. The largest absolute Gasteiger partial charge is 0.508 e. The van der Waals surface area contributed by atoms with Crippen LogP contribution in [0, 0.1) is 11.8 Å². The molecule has 0 amide bonds. The highest BCUT2D eigenvalue weighted by Gasteiger charge is 2.14. The smallest absolute Gasteiger partial charge is 0.122 e. The summed E-state index contributed by atoms with van der Waals surface area (Å²) in [5, 5.41) is 13.4. The van der Waals surface area contributed by atoms with Crippen LogP contribution >= 0.6 is 0 Å². The minimum atomic E-state index is 0.160. The molecule has 1 aromatic rings. The number of phenolic OH excluding ortho intramolecular Hbond substituents is 1. The third-order valence-corrected chi connectivity index (χ3v) is 3.45. The molecule has 0 fully saturated rings. The number of hydrogen-bond acceptors (Lipinski definition) is 3. The fourth-order valence-electron chi connectivity index (χ4n) is 2.42. The number of nitrogens with zero attached hydrogens (tertiary/aromatic N) is 1. The van der Waals surface area contributed by atoms with Crippen LogP contribution in [0.1, 0.15) is 46.2 Å². The molecule has 0 saturated carbocycles. The molecule has 0 radical (unpaired) electrons. The molecule has 0 spiro atoms. The van der Waals surface area contributed by atoms with Crippen LogP contribution in [0.5, 0.6) is 5.75 Å². The van der Waals surface area contributed by atoms with E-state index in [0.29, 0.717) is 17.6 Å². The maximum atomic E-state index is 10.2. The van der Waals surface area contributed by atoms with E-state index >= 15 is 0 Å². The van der Waals surface area contributed by atoms with Gasteiger partial charge in [0.2, 0.25) is 0 Å². The lowest BCUT2D eigenvalue weighted by Crippen LogP contribution is -2.31. The van der Waals surface area contributed by atoms with Gasteiger partial charge in [0.1, 0.15) is 5.75 Å². The number of nitrogens with one attached hydrogen (secondary N) is 1. The minimum absolute atomic E-state index is 0.160. The zero-order chi connectivity index (χ0) is 15.3. The summed E-state index contributed by atoms with van der Waals surface area (Å²) in [4.78, 5) is 2.36. The van der Waals surface area contributed by atoms with Crippen molar-refractivity contribution in [2.24, 2.45) is 11.8 Å². The van der Waals surface area contributed by atoms with Crippen molar-refractivity contribution in [2.75, 3.05) is 25.0 Å². The maximum Gasteiger partial charge on any atom is 0.122 e. The number of aromatic hydroxyl groups is 1. The van der Waals surface area contributed by atoms with Gasteiger partial charge in [-0.15, -0.1) is 0 Å². The van der Waals surface area contributed by atoms with Gasteiger partial charge in [0.05, 0.1) is 0 Å². The molecule has 0 heterocycles. The van der Waals surface area contributed by atoms with E-state index in [2.05, 4.69) is 50.9 Å². The lowest BCUT2D eigenvalue weighted by Gasteiger charge is -2.29. The molecular weight excluding hydrogens is 248 g/mol. The highest BCUT2D eigenvalue weighted by molar-refractivity contribution is 5.54. The molecular formula is C17H30N2O. The predicted molar refractivity (Wildman–Crippen MR) is 87.5 cm³/mol. The average Bonchev–Trinajstić information content (AvgIpc) is 2.35. The highest BCUT2D eigenvalue weighted by Crippen LogP contribution is 2.29. The van der Waals surface area contributed by atoms with E-state index in [9.17, 15) is 5.11 Å². The van der Waals surface area contributed by atoms with Gasteiger partial charge in [-0.3, -0.25) is 0 Å². The van der Waals surface area contributed by atoms with Gasteiger partial charge in [-0.2, -0.15) is 0 Å². The first-order valence-electron chi connectivity index (χ1n) is 7.60. The summed E-state index contributed by atoms with van der Waals surface area (Å²) in [6.45, 7) is 13.0. The van der Waals surface area contributed by atoms with Crippen LogP contribution in [-0.2, 0) is 0 Å². The Hall–Kier alpha value is -1.22. The molecule has 0 aromatic heterocycles. The van der Waals surface area contributed by atoms with Crippen molar-refractivity contribution < 1.29 is 5.11 Å². The molecule has 0 aliphatic heterocycles. The van der Waals surface area contributed by atoms with Crippen molar-refractivity contribution in [3.63, 3.8) is 0 Å². The number of rotatable bonds is 7. The van der Waals surface area contributed by atoms with E-state index < -0.39 is 0 Å². The predicted octanol–water partition coefficient (Wildman–Crippen LogP) is 3.79. The standard InChI is InChI=1S/C17H30N2O/c1-12(2)10-19(11-13(3)4)15-7-8-16(14(5)18-6)17(20)9-15/h7-9,12-14,18,20H,10-11H2,1-6H3. The first kappa shape index (κ1) is 16.8. The molecule has 0 aliphatic rings. The SMILES string of the molecule is CNC(C)c1ccc(N(CC(C)C)CC(C)C)cc1O. The van der Waals surface area contributed by atoms with Crippen molar-refractivity contribution in [3.8, 4) is 5.75 Å². The van der Waals surface area contributed by atoms with Crippen LogP contribution in [0.3, 0.4) is 0 Å². The van der Waals surface area contributed by atoms with E-state index in [-0.39, 0.29) is 6.04 Å². The zero-order valence-corrected chi connectivity index (χ0v) is 13.8. The molecule has 1 aromatic carbocycles. The third-order valence-electron chi connectivity index (χ3n) is 3.45. The molecule has 3 nitrogen and oxygen atoms in total. The van der Waals surface area contributed by atoms with Crippen molar-refractivity contribution in [2.45, 2.75) is 40.7 Å². The Kier molecular flexibility index (Phi) is 6.34. The summed E-state index contributed by atoms with van der Waals surface area (Å²) >= 11 is 0. The van der Waals surface area contributed by atoms with Gasteiger partial charge in [-0.05, 0) is 31.9 Å². The Labute approximate surface area is 124 Å². The van der Waals surface area contributed by atoms with Gasteiger partial charge < -0.3 is 15.3 Å². The molecule has 0 bridgehead atoms. The minimum Gasteiger partial charge on any atom is -0.508 e. The summed E-state index contributed by atoms with van der Waals surface area (Å²) in [6.07, 6.45) is 0. The number of anilines is 1. The molecule has 3 heteroatoms. The van der Waals surface area contributed by atoms with E-state index in [0.717, 1.165) is 24.3 Å². The molecule has 1 atom stereocenters. The lowest BCUT2D eigenvalue weighted by molar-refractivity contribution is 0.457. The molecule has 1 unspecified atom stereocenters. The van der Waals surface area contributed by atoms with Crippen molar-refractivity contribution in [3.05, 3.63) is 23.8 Å². The molecule has 2 N–H and O–H groups in total. The van der Waals surface area contributed by atoms with Gasteiger partial charge in [0.25, 0.3) is 0 Å². The fourth-order valence-corrected chi connectivity index (χ4v) is 2.42. The summed E-state index contributed by atoms with van der Waals surface area (Å²) in [6, 6.07) is 6.20. The van der Waals surface area contributed by atoms with Crippen molar-refractivity contribution in [1.29, 1.82) is 0 Å². The Morgan fingerprint density at radius 1 is 1.05 bits per heavy atom. The van der Waals surface area contributed by atoms with Crippen LogP contribution < -0.4 is 10.2 Å². The Morgan fingerprint density at radius 2 is 1.60 bits per heavy atom. The molecule has 20 heavy (non-hydrogen) atoms. The van der Waals surface area contributed by atoms with Crippen LogP contribution in [-0.4, -0.2) is 25.2 Å². The first-order chi connectivity index (χ1) is 9.35. The lowest BCUT2D eigenvalue weighted by atomic mass is 10.0. The molecule has 0 saturated heterocycles. The van der Waals surface area contributed by atoms with Crippen LogP contribution in [0.2, 0.25) is 0 Å². The van der Waals surface area contributed by atoms with Gasteiger partial charge in [0, 0.05) is 36.4 Å². The second-order valence-corrected chi connectivity index (χ2v) is 6.45. The first-order valence-corrected chi connectivity index (χ1v) is 7.60. The fraction of sp³-hybridized carbons (Fsp3) is 0.647. The van der Waals surface area contributed by atoms with Crippen LogP contribution in [0.4, 0.5) is 5.69 Å². The van der Waals surface area contributed by atoms with Crippen LogP contribution in [0.15, 0.2) is 18.2 Å².